The van der Waals surface area contributed by atoms with Crippen LogP contribution in [0.15, 0.2) is 29.3 Å². The minimum absolute atomic E-state index is 0.586. The summed E-state index contributed by atoms with van der Waals surface area (Å²) in [5, 5.41) is 10.6. The van der Waals surface area contributed by atoms with E-state index in [1.54, 1.807) is 6.21 Å². The molecule has 0 N–H and O–H groups in total. The summed E-state index contributed by atoms with van der Waals surface area (Å²) in [6.07, 6.45) is 2.70. The summed E-state index contributed by atoms with van der Waals surface area (Å²) in [5.74, 6) is 0.586. The first kappa shape index (κ1) is 13.2. The molecule has 18 heavy (non-hydrogen) atoms. The van der Waals surface area contributed by atoms with Crippen LogP contribution in [0.3, 0.4) is 0 Å². The average Bonchev–Trinajstić information content (AvgIpc) is 2.73. The lowest BCUT2D eigenvalue weighted by Gasteiger charge is -1.96. The Morgan fingerprint density at radius 3 is 2.94 bits per heavy atom. The van der Waals surface area contributed by atoms with Crippen LogP contribution in [0.1, 0.15) is 24.4 Å². The topological polar surface area (TPSA) is 38.1 Å². The van der Waals surface area contributed by atoms with Crippen LogP contribution in [0.25, 0.3) is 0 Å². The monoisotopic (exact) mass is 279 g/mol. The van der Waals surface area contributed by atoms with E-state index in [1.165, 1.54) is 11.3 Å². The molecule has 1 aromatic carbocycles. The second-order valence-electron chi connectivity index (χ2n) is 4.39. The Morgan fingerprint density at radius 1 is 1.39 bits per heavy atom. The molecule has 2 rings (SSSR count). The Morgan fingerprint density at radius 2 is 2.22 bits per heavy atom. The molecular formula is C13H14ClN3S. The van der Waals surface area contributed by atoms with Crippen LogP contribution in [-0.4, -0.2) is 16.4 Å². The molecule has 0 aliphatic heterocycles. The second kappa shape index (κ2) is 6.07. The lowest BCUT2D eigenvalue weighted by atomic mass is 10.1. The van der Waals surface area contributed by atoms with Crippen molar-refractivity contribution in [2.24, 2.45) is 10.9 Å². The summed E-state index contributed by atoms with van der Waals surface area (Å²) in [6.45, 7) is 4.33. The lowest BCUT2D eigenvalue weighted by Crippen LogP contribution is -1.92. The van der Waals surface area contributed by atoms with Crippen molar-refractivity contribution in [2.75, 3.05) is 0 Å². The van der Waals surface area contributed by atoms with Crippen molar-refractivity contribution in [3.05, 3.63) is 39.9 Å². The normalized spacial score (nSPS) is 11.6. The average molecular weight is 280 g/mol. The summed E-state index contributed by atoms with van der Waals surface area (Å²) in [6, 6.07) is 7.55. The quantitative estimate of drug-likeness (QED) is 0.789. The summed E-state index contributed by atoms with van der Waals surface area (Å²) >= 11 is 7.43. The van der Waals surface area contributed by atoms with Crippen LogP contribution in [0, 0.1) is 5.92 Å². The van der Waals surface area contributed by atoms with Gasteiger partial charge in [0.05, 0.1) is 0 Å². The largest absolute Gasteiger partial charge is 0.231 e. The van der Waals surface area contributed by atoms with E-state index in [0.717, 1.165) is 17.0 Å². The number of rotatable bonds is 4. The van der Waals surface area contributed by atoms with E-state index in [2.05, 4.69) is 29.0 Å². The molecule has 0 atom stereocenters. The van der Waals surface area contributed by atoms with Crippen LogP contribution in [0.4, 0.5) is 5.13 Å². The van der Waals surface area contributed by atoms with Crippen molar-refractivity contribution < 1.29 is 0 Å². The highest BCUT2D eigenvalue weighted by atomic mass is 35.5. The highest BCUT2D eigenvalue weighted by Gasteiger charge is 2.04. The van der Waals surface area contributed by atoms with Gasteiger partial charge < -0.3 is 0 Å². The van der Waals surface area contributed by atoms with Crippen molar-refractivity contribution in [2.45, 2.75) is 20.3 Å². The SMILES string of the molecule is CC(C)Cc1nnc(N=Cc2cccc(Cl)c2)s1. The molecule has 1 aromatic heterocycles. The number of halogens is 1. The molecule has 0 saturated carbocycles. The van der Waals surface area contributed by atoms with Gasteiger partial charge in [-0.25, -0.2) is 4.99 Å². The molecule has 0 unspecified atom stereocenters. The minimum atomic E-state index is 0.586. The van der Waals surface area contributed by atoms with E-state index >= 15 is 0 Å². The zero-order valence-electron chi connectivity index (χ0n) is 10.3. The molecule has 3 nitrogen and oxygen atoms in total. The highest BCUT2D eigenvalue weighted by molar-refractivity contribution is 7.14. The summed E-state index contributed by atoms with van der Waals surface area (Å²) in [4.78, 5) is 4.31. The van der Waals surface area contributed by atoms with Crippen molar-refractivity contribution in [3.8, 4) is 0 Å². The van der Waals surface area contributed by atoms with E-state index in [-0.39, 0.29) is 0 Å². The first-order valence-electron chi connectivity index (χ1n) is 5.75. The molecule has 0 bridgehead atoms. The summed E-state index contributed by atoms with van der Waals surface area (Å²) in [7, 11) is 0. The van der Waals surface area contributed by atoms with Gasteiger partial charge in [0.15, 0.2) is 0 Å². The zero-order chi connectivity index (χ0) is 13.0. The number of benzene rings is 1. The standard InChI is InChI=1S/C13H14ClN3S/c1-9(2)6-12-16-17-13(18-12)15-8-10-4-3-5-11(14)7-10/h3-5,7-9H,6H2,1-2H3. The van der Waals surface area contributed by atoms with Gasteiger partial charge in [0.1, 0.15) is 5.01 Å². The van der Waals surface area contributed by atoms with Crippen LogP contribution < -0.4 is 0 Å². The molecule has 0 aliphatic rings. The number of hydrogen-bond acceptors (Lipinski definition) is 4. The van der Waals surface area contributed by atoms with Gasteiger partial charge in [-0.2, -0.15) is 0 Å². The van der Waals surface area contributed by atoms with E-state index in [4.69, 9.17) is 11.6 Å². The smallest absolute Gasteiger partial charge is 0.226 e. The third-order valence-corrected chi connectivity index (χ3v) is 3.30. The van der Waals surface area contributed by atoms with E-state index in [1.807, 2.05) is 24.3 Å². The third kappa shape index (κ3) is 3.89. The summed E-state index contributed by atoms with van der Waals surface area (Å²) < 4.78 is 0. The number of aliphatic imine (C=N–C) groups is 1. The van der Waals surface area contributed by atoms with E-state index in [9.17, 15) is 0 Å². The summed E-state index contributed by atoms with van der Waals surface area (Å²) in [5.41, 5.74) is 0.961. The van der Waals surface area contributed by atoms with Gasteiger partial charge in [-0.3, -0.25) is 0 Å². The molecule has 0 fully saturated rings. The van der Waals surface area contributed by atoms with Gasteiger partial charge in [0.25, 0.3) is 0 Å². The zero-order valence-corrected chi connectivity index (χ0v) is 11.9. The van der Waals surface area contributed by atoms with Gasteiger partial charge in [0.2, 0.25) is 5.13 Å². The van der Waals surface area contributed by atoms with Crippen molar-refractivity contribution in [1.82, 2.24) is 10.2 Å². The molecular weight excluding hydrogens is 266 g/mol. The minimum Gasteiger partial charge on any atom is -0.226 e. The molecule has 0 aliphatic carbocycles. The Labute approximate surface area is 116 Å². The fourth-order valence-corrected chi connectivity index (χ4v) is 2.54. The number of aromatic nitrogens is 2. The maximum absolute atomic E-state index is 5.90. The molecule has 2 aromatic rings. The first-order valence-corrected chi connectivity index (χ1v) is 6.95. The predicted molar refractivity (Wildman–Crippen MR) is 77.2 cm³/mol. The van der Waals surface area contributed by atoms with E-state index in [0.29, 0.717) is 16.1 Å². The van der Waals surface area contributed by atoms with Gasteiger partial charge in [-0.1, -0.05) is 48.9 Å². The third-order valence-electron chi connectivity index (χ3n) is 2.21. The van der Waals surface area contributed by atoms with E-state index < -0.39 is 0 Å². The Kier molecular flexibility index (Phi) is 4.44. The Hall–Kier alpha value is -1.26. The lowest BCUT2D eigenvalue weighted by molar-refractivity contribution is 0.640. The van der Waals surface area contributed by atoms with Gasteiger partial charge in [0, 0.05) is 17.7 Å². The maximum Gasteiger partial charge on any atom is 0.231 e. The van der Waals surface area contributed by atoms with Crippen LogP contribution >= 0.6 is 22.9 Å². The van der Waals surface area contributed by atoms with Crippen molar-refractivity contribution in [3.63, 3.8) is 0 Å². The van der Waals surface area contributed by atoms with Crippen molar-refractivity contribution in [1.29, 1.82) is 0 Å². The number of nitrogens with zero attached hydrogens (tertiary/aromatic N) is 3. The Bertz CT molecular complexity index is 549. The molecule has 1 heterocycles. The second-order valence-corrected chi connectivity index (χ2v) is 5.87. The molecule has 5 heteroatoms. The van der Waals surface area contributed by atoms with Crippen LogP contribution in [0.5, 0.6) is 0 Å². The molecule has 0 amide bonds. The van der Waals surface area contributed by atoms with Gasteiger partial charge >= 0.3 is 0 Å². The first-order chi connectivity index (χ1) is 8.63. The molecule has 0 spiro atoms. The Balaban J connectivity index is 2.07. The molecule has 0 radical (unpaired) electrons. The predicted octanol–water partition coefficient (Wildman–Crippen LogP) is 4.14. The van der Waals surface area contributed by atoms with Crippen LogP contribution in [0.2, 0.25) is 5.02 Å². The number of hydrogen-bond donors (Lipinski definition) is 0. The van der Waals surface area contributed by atoms with Gasteiger partial charge in [-0.05, 0) is 23.6 Å². The van der Waals surface area contributed by atoms with Crippen LogP contribution in [-0.2, 0) is 6.42 Å². The maximum atomic E-state index is 5.90. The highest BCUT2D eigenvalue weighted by Crippen LogP contribution is 2.21. The van der Waals surface area contributed by atoms with Gasteiger partial charge in [-0.15, -0.1) is 10.2 Å². The van der Waals surface area contributed by atoms with Crippen molar-refractivity contribution >= 4 is 34.3 Å². The molecule has 0 saturated heterocycles. The fourth-order valence-electron chi connectivity index (χ4n) is 1.45. The fraction of sp³-hybridized carbons (Fsp3) is 0.308. The molecule has 94 valence electrons.